The minimum Gasteiger partial charge on any atom is -0.378 e. The molecule has 2 aliphatic heterocycles. The van der Waals surface area contributed by atoms with Crippen molar-refractivity contribution in [1.29, 1.82) is 0 Å². The van der Waals surface area contributed by atoms with Crippen LogP contribution >= 0.6 is 0 Å². The standard InChI is InChI=1S/C13H23F2NO/c1-12(14)5-8-17-11(9-12)10-13(15)3-6-16(2)7-4-13/h11H,3-10H2,1-2H3/t11?,12-/m0/s1. The maximum Gasteiger partial charge on any atom is 0.116 e. The van der Waals surface area contributed by atoms with E-state index in [9.17, 15) is 8.78 Å². The Morgan fingerprint density at radius 1 is 1.24 bits per heavy atom. The van der Waals surface area contributed by atoms with E-state index in [1.807, 2.05) is 7.05 Å². The van der Waals surface area contributed by atoms with Crippen molar-refractivity contribution < 1.29 is 13.5 Å². The number of nitrogens with zero attached hydrogens (tertiary/aromatic N) is 1. The molecular weight excluding hydrogens is 224 g/mol. The van der Waals surface area contributed by atoms with Crippen LogP contribution in [0.4, 0.5) is 8.78 Å². The number of ether oxygens (including phenoxy) is 1. The van der Waals surface area contributed by atoms with Gasteiger partial charge in [-0.15, -0.1) is 0 Å². The summed E-state index contributed by atoms with van der Waals surface area (Å²) in [7, 11) is 2.01. The first kappa shape index (κ1) is 13.2. The third-order valence-corrected chi connectivity index (χ3v) is 4.11. The molecule has 0 bridgehead atoms. The van der Waals surface area contributed by atoms with Crippen molar-refractivity contribution in [3.8, 4) is 0 Å². The maximum atomic E-state index is 14.6. The third kappa shape index (κ3) is 3.62. The van der Waals surface area contributed by atoms with E-state index in [4.69, 9.17) is 4.74 Å². The van der Waals surface area contributed by atoms with Gasteiger partial charge in [-0.3, -0.25) is 0 Å². The summed E-state index contributed by atoms with van der Waals surface area (Å²) >= 11 is 0. The van der Waals surface area contributed by atoms with E-state index < -0.39 is 11.3 Å². The van der Waals surface area contributed by atoms with Gasteiger partial charge in [-0.1, -0.05) is 0 Å². The zero-order valence-corrected chi connectivity index (χ0v) is 10.8. The van der Waals surface area contributed by atoms with Gasteiger partial charge in [0.2, 0.25) is 0 Å². The number of piperidine rings is 1. The van der Waals surface area contributed by atoms with Gasteiger partial charge in [0.25, 0.3) is 0 Å². The number of halogens is 2. The first-order chi connectivity index (χ1) is 7.89. The lowest BCUT2D eigenvalue weighted by atomic mass is 9.83. The first-order valence-electron chi connectivity index (χ1n) is 6.57. The summed E-state index contributed by atoms with van der Waals surface area (Å²) in [6.45, 7) is 3.60. The summed E-state index contributed by atoms with van der Waals surface area (Å²) in [4.78, 5) is 2.14. The second kappa shape index (κ2) is 4.81. The topological polar surface area (TPSA) is 12.5 Å². The van der Waals surface area contributed by atoms with Crippen LogP contribution < -0.4 is 0 Å². The lowest BCUT2D eigenvalue weighted by molar-refractivity contribution is -0.0857. The highest BCUT2D eigenvalue weighted by molar-refractivity contribution is 4.91. The number of rotatable bonds is 2. The molecule has 0 aromatic rings. The second-order valence-corrected chi connectivity index (χ2v) is 6.02. The van der Waals surface area contributed by atoms with Crippen molar-refractivity contribution in [2.45, 2.75) is 56.5 Å². The third-order valence-electron chi connectivity index (χ3n) is 4.11. The van der Waals surface area contributed by atoms with Crippen LogP contribution in [0, 0.1) is 0 Å². The fraction of sp³-hybridized carbons (Fsp3) is 1.00. The van der Waals surface area contributed by atoms with Crippen LogP contribution in [0.1, 0.15) is 39.0 Å². The Kier molecular flexibility index (Phi) is 3.74. The molecule has 4 heteroatoms. The van der Waals surface area contributed by atoms with Gasteiger partial charge in [0.1, 0.15) is 11.3 Å². The summed E-state index contributed by atoms with van der Waals surface area (Å²) in [5.74, 6) is 0. The van der Waals surface area contributed by atoms with E-state index in [1.54, 1.807) is 6.92 Å². The van der Waals surface area contributed by atoms with E-state index >= 15 is 0 Å². The molecule has 0 aromatic heterocycles. The summed E-state index contributed by atoms with van der Waals surface area (Å²) in [6, 6.07) is 0. The zero-order chi connectivity index (χ0) is 12.5. The van der Waals surface area contributed by atoms with Gasteiger partial charge in [0.15, 0.2) is 0 Å². The zero-order valence-electron chi connectivity index (χ0n) is 10.8. The second-order valence-electron chi connectivity index (χ2n) is 6.02. The lowest BCUT2D eigenvalue weighted by Crippen LogP contribution is -2.44. The number of alkyl halides is 2. The normalized spacial score (nSPS) is 39.2. The van der Waals surface area contributed by atoms with Crippen molar-refractivity contribution in [3.63, 3.8) is 0 Å². The molecule has 2 atom stereocenters. The SMILES string of the molecule is CN1CCC(F)(CC2C[C@@](C)(F)CCO2)CC1. The van der Waals surface area contributed by atoms with Crippen molar-refractivity contribution in [1.82, 2.24) is 4.90 Å². The Hall–Kier alpha value is -0.220. The number of hydrogen-bond donors (Lipinski definition) is 0. The monoisotopic (exact) mass is 247 g/mol. The smallest absolute Gasteiger partial charge is 0.116 e. The van der Waals surface area contributed by atoms with Crippen LogP contribution in [0.15, 0.2) is 0 Å². The predicted molar refractivity (Wildman–Crippen MR) is 63.7 cm³/mol. The Morgan fingerprint density at radius 3 is 2.47 bits per heavy atom. The molecule has 0 aliphatic carbocycles. The van der Waals surface area contributed by atoms with Gasteiger partial charge in [-0.05, 0) is 26.8 Å². The van der Waals surface area contributed by atoms with Crippen molar-refractivity contribution in [2.24, 2.45) is 0 Å². The summed E-state index contributed by atoms with van der Waals surface area (Å²) in [5, 5.41) is 0. The van der Waals surface area contributed by atoms with Gasteiger partial charge in [0.05, 0.1) is 6.10 Å². The van der Waals surface area contributed by atoms with Crippen LogP contribution in [0.2, 0.25) is 0 Å². The van der Waals surface area contributed by atoms with E-state index in [1.165, 1.54) is 0 Å². The molecule has 0 N–H and O–H groups in total. The summed E-state index contributed by atoms with van der Waals surface area (Å²) in [6.07, 6.45) is 1.99. The highest BCUT2D eigenvalue weighted by atomic mass is 19.1. The maximum absolute atomic E-state index is 14.6. The predicted octanol–water partition coefficient (Wildman–Crippen LogP) is 2.72. The average molecular weight is 247 g/mol. The van der Waals surface area contributed by atoms with Crippen LogP contribution in [-0.4, -0.2) is 49.1 Å². The Bertz CT molecular complexity index is 262. The van der Waals surface area contributed by atoms with Crippen molar-refractivity contribution in [2.75, 3.05) is 26.7 Å². The molecule has 0 saturated carbocycles. The molecule has 2 nitrogen and oxygen atoms in total. The Morgan fingerprint density at radius 2 is 1.88 bits per heavy atom. The largest absolute Gasteiger partial charge is 0.378 e. The van der Waals surface area contributed by atoms with Gasteiger partial charge in [-0.25, -0.2) is 8.78 Å². The minimum atomic E-state index is -1.18. The fourth-order valence-corrected chi connectivity index (χ4v) is 2.84. The number of hydrogen-bond acceptors (Lipinski definition) is 2. The van der Waals surface area contributed by atoms with E-state index in [2.05, 4.69) is 4.90 Å². The van der Waals surface area contributed by atoms with Crippen molar-refractivity contribution >= 4 is 0 Å². The molecule has 2 fully saturated rings. The quantitative estimate of drug-likeness (QED) is 0.744. The highest BCUT2D eigenvalue weighted by Gasteiger charge is 2.40. The van der Waals surface area contributed by atoms with Crippen LogP contribution in [0.3, 0.4) is 0 Å². The average Bonchev–Trinajstić information content (AvgIpc) is 2.21. The van der Waals surface area contributed by atoms with Crippen LogP contribution in [0.5, 0.6) is 0 Å². The summed E-state index contributed by atoms with van der Waals surface area (Å²) in [5.41, 5.74) is -2.32. The minimum absolute atomic E-state index is 0.243. The molecule has 0 aromatic carbocycles. The fourth-order valence-electron chi connectivity index (χ4n) is 2.84. The molecule has 1 unspecified atom stereocenters. The molecule has 0 amide bonds. The van der Waals surface area contributed by atoms with E-state index in [0.717, 1.165) is 13.1 Å². The molecule has 2 aliphatic rings. The molecule has 100 valence electrons. The van der Waals surface area contributed by atoms with Crippen molar-refractivity contribution in [3.05, 3.63) is 0 Å². The molecule has 0 radical (unpaired) electrons. The lowest BCUT2D eigenvalue weighted by Gasteiger charge is -2.39. The molecule has 0 spiro atoms. The molecule has 2 rings (SSSR count). The Labute approximate surface area is 102 Å². The summed E-state index contributed by atoms with van der Waals surface area (Å²) < 4.78 is 33.9. The van der Waals surface area contributed by atoms with Gasteiger partial charge >= 0.3 is 0 Å². The molecule has 17 heavy (non-hydrogen) atoms. The number of likely N-dealkylation sites (tertiary alicyclic amines) is 1. The van der Waals surface area contributed by atoms with E-state index in [0.29, 0.717) is 38.7 Å². The van der Waals surface area contributed by atoms with Gasteiger partial charge in [-0.2, -0.15) is 0 Å². The molecule has 2 heterocycles. The molecular formula is C13H23F2NO. The first-order valence-corrected chi connectivity index (χ1v) is 6.57. The van der Waals surface area contributed by atoms with E-state index in [-0.39, 0.29) is 6.10 Å². The van der Waals surface area contributed by atoms with Gasteiger partial charge in [0, 0.05) is 39.0 Å². The molecule has 2 saturated heterocycles. The Balaban J connectivity index is 1.87. The van der Waals surface area contributed by atoms with Gasteiger partial charge < -0.3 is 9.64 Å². The van der Waals surface area contributed by atoms with Crippen LogP contribution in [-0.2, 0) is 4.74 Å². The van der Waals surface area contributed by atoms with Crippen LogP contribution in [0.25, 0.3) is 0 Å². The highest BCUT2D eigenvalue weighted by Crippen LogP contribution is 2.37.